The maximum Gasteiger partial charge on any atom is 0.0700 e. The summed E-state index contributed by atoms with van der Waals surface area (Å²) in [5.41, 5.74) is -0.0219. The van der Waals surface area contributed by atoms with Gasteiger partial charge in [0.25, 0.3) is 0 Å². The number of hydrogen-bond acceptors (Lipinski definition) is 3. The van der Waals surface area contributed by atoms with E-state index in [4.69, 9.17) is 4.74 Å². The van der Waals surface area contributed by atoms with E-state index in [0.29, 0.717) is 12.0 Å². The molecule has 0 aromatic carbocycles. The first kappa shape index (κ1) is 11.4. The quantitative estimate of drug-likeness (QED) is 0.699. The van der Waals surface area contributed by atoms with Gasteiger partial charge in [0.15, 0.2) is 0 Å². The van der Waals surface area contributed by atoms with E-state index in [1.165, 1.54) is 25.7 Å². The molecule has 2 unspecified atom stereocenters. The van der Waals surface area contributed by atoms with Crippen molar-refractivity contribution in [2.24, 2.45) is 5.92 Å². The van der Waals surface area contributed by atoms with Gasteiger partial charge in [-0.05, 0) is 38.0 Å². The molecule has 0 bridgehead atoms. The molecule has 0 aromatic rings. The predicted molar refractivity (Wildman–Crippen MR) is 59.8 cm³/mol. The van der Waals surface area contributed by atoms with Gasteiger partial charge in [-0.1, -0.05) is 6.92 Å². The lowest BCUT2D eigenvalue weighted by Gasteiger charge is -2.33. The average molecular weight is 213 g/mol. The molecule has 1 saturated carbocycles. The molecule has 15 heavy (non-hydrogen) atoms. The summed E-state index contributed by atoms with van der Waals surface area (Å²) in [4.78, 5) is 0. The maximum absolute atomic E-state index is 9.56. The highest BCUT2D eigenvalue weighted by Crippen LogP contribution is 2.41. The third-order valence-electron chi connectivity index (χ3n) is 3.98. The van der Waals surface area contributed by atoms with Crippen LogP contribution in [0.4, 0.5) is 0 Å². The smallest absolute Gasteiger partial charge is 0.0700 e. The third kappa shape index (κ3) is 2.52. The first-order valence-electron chi connectivity index (χ1n) is 6.28. The number of hydrogen-bond donors (Lipinski definition) is 2. The van der Waals surface area contributed by atoms with Gasteiger partial charge in [-0.25, -0.2) is 0 Å². The average Bonchev–Trinajstić information content (AvgIpc) is 2.99. The molecule has 2 rings (SSSR count). The number of aliphatic hydroxyl groups excluding tert-OH is 1. The Kier molecular flexibility index (Phi) is 3.65. The first-order valence-corrected chi connectivity index (χ1v) is 6.28. The standard InChI is InChI=1S/C12H23NO2/c1-2-12(9-14,10-5-6-10)13-8-11-4-3-7-15-11/h10-11,13-14H,2-9H2,1H3. The fourth-order valence-corrected chi connectivity index (χ4v) is 2.61. The molecular weight excluding hydrogens is 190 g/mol. The predicted octanol–water partition coefficient (Wildman–Crippen LogP) is 1.31. The van der Waals surface area contributed by atoms with Gasteiger partial charge in [-0.2, -0.15) is 0 Å². The summed E-state index contributed by atoms with van der Waals surface area (Å²) in [6.45, 7) is 4.25. The van der Waals surface area contributed by atoms with Crippen LogP contribution in [0.2, 0.25) is 0 Å². The van der Waals surface area contributed by atoms with Crippen molar-refractivity contribution in [1.82, 2.24) is 5.32 Å². The van der Waals surface area contributed by atoms with Gasteiger partial charge in [-0.15, -0.1) is 0 Å². The zero-order valence-electron chi connectivity index (χ0n) is 9.67. The van der Waals surface area contributed by atoms with Crippen LogP contribution in [-0.4, -0.2) is 36.5 Å². The van der Waals surface area contributed by atoms with Crippen LogP contribution in [0.5, 0.6) is 0 Å². The van der Waals surface area contributed by atoms with E-state index >= 15 is 0 Å². The molecule has 0 spiro atoms. The lowest BCUT2D eigenvalue weighted by atomic mass is 9.90. The molecular formula is C12H23NO2. The molecule has 3 heteroatoms. The molecule has 3 nitrogen and oxygen atoms in total. The van der Waals surface area contributed by atoms with Crippen molar-refractivity contribution in [3.8, 4) is 0 Å². The monoisotopic (exact) mass is 213 g/mol. The molecule has 88 valence electrons. The Morgan fingerprint density at radius 1 is 1.40 bits per heavy atom. The molecule has 1 aliphatic heterocycles. The van der Waals surface area contributed by atoms with Crippen LogP contribution in [0.3, 0.4) is 0 Å². The highest BCUT2D eigenvalue weighted by molar-refractivity contribution is 5.00. The number of rotatable bonds is 6. The molecule has 2 atom stereocenters. The van der Waals surface area contributed by atoms with Crippen LogP contribution in [-0.2, 0) is 4.74 Å². The maximum atomic E-state index is 9.56. The normalized spacial score (nSPS) is 30.4. The van der Waals surface area contributed by atoms with Crippen molar-refractivity contribution >= 4 is 0 Å². The molecule has 0 aromatic heterocycles. The van der Waals surface area contributed by atoms with E-state index in [1.54, 1.807) is 0 Å². The van der Waals surface area contributed by atoms with Gasteiger partial charge in [-0.3, -0.25) is 0 Å². The lowest BCUT2D eigenvalue weighted by Crippen LogP contribution is -2.52. The summed E-state index contributed by atoms with van der Waals surface area (Å²) in [5.74, 6) is 0.689. The van der Waals surface area contributed by atoms with Crippen LogP contribution in [0.15, 0.2) is 0 Å². The highest BCUT2D eigenvalue weighted by atomic mass is 16.5. The Morgan fingerprint density at radius 2 is 2.20 bits per heavy atom. The van der Waals surface area contributed by atoms with Crippen molar-refractivity contribution in [2.75, 3.05) is 19.8 Å². The number of nitrogens with one attached hydrogen (secondary N) is 1. The van der Waals surface area contributed by atoms with Crippen molar-refractivity contribution in [2.45, 2.75) is 50.7 Å². The largest absolute Gasteiger partial charge is 0.394 e. The summed E-state index contributed by atoms with van der Waals surface area (Å²) in [6, 6.07) is 0. The van der Waals surface area contributed by atoms with Crippen LogP contribution < -0.4 is 5.32 Å². The highest BCUT2D eigenvalue weighted by Gasteiger charge is 2.43. The van der Waals surface area contributed by atoms with Crippen LogP contribution in [0, 0.1) is 5.92 Å². The number of ether oxygens (including phenoxy) is 1. The fraction of sp³-hybridized carbons (Fsp3) is 1.00. The van der Waals surface area contributed by atoms with E-state index < -0.39 is 0 Å². The minimum absolute atomic E-state index is 0.0219. The van der Waals surface area contributed by atoms with Gasteiger partial charge in [0.1, 0.15) is 0 Å². The van der Waals surface area contributed by atoms with Gasteiger partial charge >= 0.3 is 0 Å². The van der Waals surface area contributed by atoms with Gasteiger partial charge in [0.2, 0.25) is 0 Å². The van der Waals surface area contributed by atoms with E-state index in [1.807, 2.05) is 0 Å². The van der Waals surface area contributed by atoms with Crippen LogP contribution >= 0.6 is 0 Å². The van der Waals surface area contributed by atoms with E-state index in [2.05, 4.69) is 12.2 Å². The fourth-order valence-electron chi connectivity index (χ4n) is 2.61. The summed E-state index contributed by atoms with van der Waals surface area (Å²) in [6.07, 6.45) is 6.29. The Hall–Kier alpha value is -0.120. The van der Waals surface area contributed by atoms with Gasteiger partial charge < -0.3 is 15.2 Å². The molecule has 2 N–H and O–H groups in total. The second kappa shape index (κ2) is 4.81. The Balaban J connectivity index is 1.82. The SMILES string of the molecule is CCC(CO)(NCC1CCCO1)C1CC1. The second-order valence-electron chi connectivity index (χ2n) is 4.96. The molecule has 1 saturated heterocycles. The molecule has 1 aliphatic carbocycles. The lowest BCUT2D eigenvalue weighted by molar-refractivity contribution is 0.0794. The van der Waals surface area contributed by atoms with Crippen molar-refractivity contribution < 1.29 is 9.84 Å². The van der Waals surface area contributed by atoms with E-state index in [0.717, 1.165) is 19.6 Å². The Labute approximate surface area is 92.2 Å². The topological polar surface area (TPSA) is 41.5 Å². The van der Waals surface area contributed by atoms with E-state index in [9.17, 15) is 5.11 Å². The molecule has 2 aliphatic rings. The zero-order valence-corrected chi connectivity index (χ0v) is 9.67. The second-order valence-corrected chi connectivity index (χ2v) is 4.96. The van der Waals surface area contributed by atoms with E-state index in [-0.39, 0.29) is 12.1 Å². The summed E-state index contributed by atoms with van der Waals surface area (Å²) >= 11 is 0. The summed E-state index contributed by atoms with van der Waals surface area (Å²) in [7, 11) is 0. The molecule has 1 heterocycles. The van der Waals surface area contributed by atoms with Gasteiger partial charge in [0, 0.05) is 18.7 Å². The first-order chi connectivity index (χ1) is 7.30. The van der Waals surface area contributed by atoms with Gasteiger partial charge in [0.05, 0.1) is 12.7 Å². The molecule has 0 amide bonds. The van der Waals surface area contributed by atoms with Crippen LogP contribution in [0.1, 0.15) is 39.0 Å². The van der Waals surface area contributed by atoms with Crippen LogP contribution in [0.25, 0.3) is 0 Å². The minimum atomic E-state index is -0.0219. The third-order valence-corrected chi connectivity index (χ3v) is 3.98. The Bertz CT molecular complexity index is 194. The molecule has 0 radical (unpaired) electrons. The number of aliphatic hydroxyl groups is 1. The zero-order chi connectivity index (χ0) is 10.7. The minimum Gasteiger partial charge on any atom is -0.394 e. The van der Waals surface area contributed by atoms with Crippen molar-refractivity contribution in [3.63, 3.8) is 0 Å². The summed E-state index contributed by atoms with van der Waals surface area (Å²) in [5, 5.41) is 13.1. The summed E-state index contributed by atoms with van der Waals surface area (Å²) < 4.78 is 5.59. The van der Waals surface area contributed by atoms with Crippen molar-refractivity contribution in [1.29, 1.82) is 0 Å². The Morgan fingerprint density at radius 3 is 2.67 bits per heavy atom. The molecule has 2 fully saturated rings. The van der Waals surface area contributed by atoms with Crippen molar-refractivity contribution in [3.05, 3.63) is 0 Å².